The molecule has 0 saturated heterocycles. The van der Waals surface area contributed by atoms with Crippen molar-refractivity contribution < 1.29 is 27.0 Å². The van der Waals surface area contributed by atoms with Crippen molar-refractivity contribution in [1.82, 2.24) is 0 Å². The Morgan fingerprint density at radius 2 is 1.88 bits per heavy atom. The topological polar surface area (TPSA) is 18.5 Å². The van der Waals surface area contributed by atoms with Gasteiger partial charge in [-0.2, -0.15) is 0 Å². The normalized spacial score (nSPS) is 11.6. The van der Waals surface area contributed by atoms with E-state index in [2.05, 4.69) is 4.74 Å². The maximum atomic E-state index is 13.0. The van der Waals surface area contributed by atoms with Crippen LogP contribution in [0.1, 0.15) is 5.56 Å². The molecule has 0 spiro atoms. The summed E-state index contributed by atoms with van der Waals surface area (Å²) < 4.78 is 56.0. The number of ether oxygens (including phenoxy) is 2. The van der Waals surface area contributed by atoms with Crippen LogP contribution in [0.25, 0.3) is 0 Å². The number of alkyl halides is 3. The summed E-state index contributed by atoms with van der Waals surface area (Å²) in [5, 5.41) is 0. The van der Waals surface area contributed by atoms with Crippen LogP contribution in [0.3, 0.4) is 0 Å². The summed E-state index contributed by atoms with van der Waals surface area (Å²) in [7, 11) is 0. The number of aryl methyl sites for hydroxylation is 1. The van der Waals surface area contributed by atoms with Gasteiger partial charge in [0, 0.05) is 0 Å². The van der Waals surface area contributed by atoms with Gasteiger partial charge in [0.2, 0.25) is 0 Å². The summed E-state index contributed by atoms with van der Waals surface area (Å²) in [6, 6.07) is 4.13. The molecular formula is C10H10F4O2. The molecule has 0 radical (unpaired) electrons. The highest BCUT2D eigenvalue weighted by molar-refractivity contribution is 5.29. The lowest BCUT2D eigenvalue weighted by Crippen LogP contribution is -2.18. The molecule has 2 nitrogen and oxygen atoms in total. The Labute approximate surface area is 89.8 Å². The molecule has 0 atom stereocenters. The minimum absolute atomic E-state index is 0.0780. The van der Waals surface area contributed by atoms with Crippen molar-refractivity contribution in [2.45, 2.75) is 13.3 Å². The highest BCUT2D eigenvalue weighted by Crippen LogP contribution is 2.19. The molecule has 0 N–H and O–H groups in total. The van der Waals surface area contributed by atoms with Crippen LogP contribution in [0.4, 0.5) is 17.6 Å². The van der Waals surface area contributed by atoms with Gasteiger partial charge in [-0.25, -0.2) is 4.39 Å². The molecule has 1 aromatic carbocycles. The van der Waals surface area contributed by atoms with Crippen molar-refractivity contribution in [1.29, 1.82) is 0 Å². The fourth-order valence-electron chi connectivity index (χ4n) is 1.03. The van der Waals surface area contributed by atoms with Crippen molar-refractivity contribution in [3.8, 4) is 5.75 Å². The second-order valence-corrected chi connectivity index (χ2v) is 3.08. The highest BCUT2D eigenvalue weighted by atomic mass is 19.4. The van der Waals surface area contributed by atoms with E-state index in [1.54, 1.807) is 6.92 Å². The van der Waals surface area contributed by atoms with Crippen molar-refractivity contribution >= 4 is 0 Å². The lowest BCUT2D eigenvalue weighted by Gasteiger charge is -2.09. The lowest BCUT2D eigenvalue weighted by molar-refractivity contribution is -0.325. The predicted octanol–water partition coefficient (Wildman–Crippen LogP) is 3.05. The molecule has 6 heteroatoms. The minimum atomic E-state index is -4.69. The fraction of sp³-hybridized carbons (Fsp3) is 0.400. The smallest absolute Gasteiger partial charge is 0.488 e. The van der Waals surface area contributed by atoms with Crippen molar-refractivity contribution in [2.24, 2.45) is 0 Å². The van der Waals surface area contributed by atoms with Gasteiger partial charge in [0.25, 0.3) is 0 Å². The SMILES string of the molecule is Cc1ccc(F)c(OCCOC(F)(F)F)c1. The van der Waals surface area contributed by atoms with Crippen LogP contribution in [-0.4, -0.2) is 19.6 Å². The molecule has 0 bridgehead atoms. The first kappa shape index (κ1) is 12.8. The van der Waals surface area contributed by atoms with Gasteiger partial charge < -0.3 is 4.74 Å². The van der Waals surface area contributed by atoms with Crippen LogP contribution < -0.4 is 4.74 Å². The number of halogens is 4. The van der Waals surface area contributed by atoms with Crippen LogP contribution in [-0.2, 0) is 4.74 Å². The second kappa shape index (κ2) is 5.16. The van der Waals surface area contributed by atoms with Crippen LogP contribution in [0, 0.1) is 12.7 Å². The van der Waals surface area contributed by atoms with Gasteiger partial charge in [-0.15, -0.1) is 13.2 Å². The molecule has 90 valence electrons. The van der Waals surface area contributed by atoms with E-state index in [1.807, 2.05) is 0 Å². The molecule has 0 fully saturated rings. The molecule has 0 amide bonds. The third-order valence-electron chi connectivity index (χ3n) is 1.69. The van der Waals surface area contributed by atoms with Gasteiger partial charge >= 0.3 is 6.36 Å². The number of benzene rings is 1. The van der Waals surface area contributed by atoms with Gasteiger partial charge in [0.05, 0.1) is 6.61 Å². The van der Waals surface area contributed by atoms with E-state index in [9.17, 15) is 17.6 Å². The van der Waals surface area contributed by atoms with Gasteiger partial charge in [-0.1, -0.05) is 6.07 Å². The Balaban J connectivity index is 2.40. The summed E-state index contributed by atoms with van der Waals surface area (Å²) in [6.45, 7) is 0.690. The average Bonchev–Trinajstić information content (AvgIpc) is 2.16. The third-order valence-corrected chi connectivity index (χ3v) is 1.69. The van der Waals surface area contributed by atoms with E-state index in [-0.39, 0.29) is 12.4 Å². The zero-order chi connectivity index (χ0) is 12.2. The predicted molar refractivity (Wildman–Crippen MR) is 48.6 cm³/mol. The maximum absolute atomic E-state index is 13.0. The Morgan fingerprint density at radius 1 is 1.19 bits per heavy atom. The molecule has 0 heterocycles. The van der Waals surface area contributed by atoms with Crippen LogP contribution in [0.5, 0.6) is 5.75 Å². The highest BCUT2D eigenvalue weighted by Gasteiger charge is 2.28. The molecule has 0 aliphatic carbocycles. The van der Waals surface area contributed by atoms with E-state index in [1.165, 1.54) is 18.2 Å². The van der Waals surface area contributed by atoms with Crippen LogP contribution in [0.2, 0.25) is 0 Å². The number of rotatable bonds is 4. The molecule has 1 aromatic rings. The maximum Gasteiger partial charge on any atom is 0.522 e. The fourth-order valence-corrected chi connectivity index (χ4v) is 1.03. The summed E-state index contributed by atoms with van der Waals surface area (Å²) in [6.07, 6.45) is -4.69. The van der Waals surface area contributed by atoms with Gasteiger partial charge in [-0.3, -0.25) is 4.74 Å². The van der Waals surface area contributed by atoms with Crippen molar-refractivity contribution in [2.75, 3.05) is 13.2 Å². The summed E-state index contributed by atoms with van der Waals surface area (Å²) >= 11 is 0. The van der Waals surface area contributed by atoms with Gasteiger partial charge in [0.15, 0.2) is 11.6 Å². The summed E-state index contributed by atoms with van der Waals surface area (Å²) in [5.41, 5.74) is 0.758. The van der Waals surface area contributed by atoms with E-state index in [4.69, 9.17) is 4.74 Å². The molecule has 0 unspecified atom stereocenters. The van der Waals surface area contributed by atoms with Gasteiger partial charge in [-0.05, 0) is 24.6 Å². The zero-order valence-corrected chi connectivity index (χ0v) is 8.47. The van der Waals surface area contributed by atoms with Gasteiger partial charge in [0.1, 0.15) is 6.61 Å². The quantitative estimate of drug-likeness (QED) is 0.593. The third kappa shape index (κ3) is 4.48. The van der Waals surface area contributed by atoms with E-state index < -0.39 is 18.8 Å². The average molecular weight is 238 g/mol. The standard InChI is InChI=1S/C10H10F4O2/c1-7-2-3-8(11)9(6-7)15-4-5-16-10(12,13)14/h2-3,6H,4-5H2,1H3. The van der Waals surface area contributed by atoms with E-state index in [0.29, 0.717) is 0 Å². The second-order valence-electron chi connectivity index (χ2n) is 3.08. The minimum Gasteiger partial charge on any atom is -0.488 e. The molecule has 0 aromatic heterocycles. The first-order chi connectivity index (χ1) is 7.38. The molecule has 0 aliphatic heterocycles. The molecule has 0 saturated carbocycles. The lowest BCUT2D eigenvalue weighted by atomic mass is 10.2. The molecule has 16 heavy (non-hydrogen) atoms. The zero-order valence-electron chi connectivity index (χ0n) is 8.47. The Morgan fingerprint density at radius 3 is 2.50 bits per heavy atom. The summed E-state index contributed by atoms with van der Waals surface area (Å²) in [5.74, 6) is -0.691. The Hall–Kier alpha value is -1.30. The van der Waals surface area contributed by atoms with Crippen LogP contribution >= 0.6 is 0 Å². The van der Waals surface area contributed by atoms with Crippen LogP contribution in [0.15, 0.2) is 18.2 Å². The summed E-state index contributed by atoms with van der Waals surface area (Å²) in [4.78, 5) is 0. The first-order valence-corrected chi connectivity index (χ1v) is 4.48. The number of hydrogen-bond acceptors (Lipinski definition) is 2. The van der Waals surface area contributed by atoms with E-state index in [0.717, 1.165) is 5.56 Å². The Kier molecular flexibility index (Phi) is 4.12. The first-order valence-electron chi connectivity index (χ1n) is 4.48. The van der Waals surface area contributed by atoms with Crippen molar-refractivity contribution in [3.05, 3.63) is 29.6 Å². The Bertz CT molecular complexity index is 349. The molecular weight excluding hydrogens is 228 g/mol. The van der Waals surface area contributed by atoms with Crippen molar-refractivity contribution in [3.63, 3.8) is 0 Å². The molecule has 0 aliphatic rings. The molecule has 1 rings (SSSR count). The largest absolute Gasteiger partial charge is 0.522 e. The monoisotopic (exact) mass is 238 g/mol. The van der Waals surface area contributed by atoms with E-state index >= 15 is 0 Å². The number of hydrogen-bond donors (Lipinski definition) is 0.